The second kappa shape index (κ2) is 11.1. The Hall–Kier alpha value is -3.71. The van der Waals surface area contributed by atoms with E-state index in [-0.39, 0.29) is 30.2 Å². The van der Waals surface area contributed by atoms with Crippen LogP contribution in [0, 0.1) is 11.3 Å². The van der Waals surface area contributed by atoms with Gasteiger partial charge < -0.3 is 26.6 Å². The fraction of sp³-hybridized carbons (Fsp3) is 0.263. The molecule has 2 atom stereocenters. The van der Waals surface area contributed by atoms with Crippen LogP contribution < -0.4 is 31.8 Å². The van der Waals surface area contributed by atoms with E-state index in [1.807, 2.05) is 0 Å². The van der Waals surface area contributed by atoms with Crippen molar-refractivity contribution in [2.45, 2.75) is 18.9 Å². The molecule has 0 amide bonds. The fourth-order valence-corrected chi connectivity index (χ4v) is 3.92. The molecule has 0 spiro atoms. The summed E-state index contributed by atoms with van der Waals surface area (Å²) in [6, 6.07) is 8.26. The number of carbonyl (C=O) groups is 2. The lowest BCUT2D eigenvalue weighted by Crippen LogP contribution is -2.41. The van der Waals surface area contributed by atoms with Gasteiger partial charge in [0.25, 0.3) is 5.56 Å². The van der Waals surface area contributed by atoms with Gasteiger partial charge in [-0.2, -0.15) is 8.42 Å². The number of carbonyl (C=O) groups excluding carboxylic acids is 2. The molecule has 1 heterocycles. The second-order valence-electron chi connectivity index (χ2n) is 6.86. The van der Waals surface area contributed by atoms with Gasteiger partial charge in [0.15, 0.2) is 5.96 Å². The first-order chi connectivity index (χ1) is 15.1. The van der Waals surface area contributed by atoms with Gasteiger partial charge in [0, 0.05) is 30.6 Å². The minimum Gasteiger partial charge on any atom is -0.370 e. The number of benzene rings is 1. The largest absolute Gasteiger partial charge is 0.370 e. The molecule has 0 aliphatic heterocycles. The molecular formula is C19H25N7O5S. The monoisotopic (exact) mass is 463 g/mol. The van der Waals surface area contributed by atoms with E-state index in [4.69, 9.17) is 16.9 Å². The third kappa shape index (κ3) is 7.21. The highest BCUT2D eigenvalue weighted by atomic mass is 32.2. The third-order valence-corrected chi connectivity index (χ3v) is 5.48. The van der Waals surface area contributed by atoms with Gasteiger partial charge in [-0.1, -0.05) is 18.2 Å². The maximum atomic E-state index is 12.9. The van der Waals surface area contributed by atoms with Crippen molar-refractivity contribution in [3.05, 3.63) is 58.5 Å². The summed E-state index contributed by atoms with van der Waals surface area (Å²) < 4.78 is 29.5. The van der Waals surface area contributed by atoms with Gasteiger partial charge in [0.05, 0.1) is 17.4 Å². The number of rotatable bonds is 12. The summed E-state index contributed by atoms with van der Waals surface area (Å²) in [4.78, 5) is 38.8. The van der Waals surface area contributed by atoms with Crippen LogP contribution >= 0.6 is 0 Å². The number of anilines is 2. The molecule has 2 aromatic rings. The van der Waals surface area contributed by atoms with Crippen molar-refractivity contribution in [1.29, 1.82) is 5.41 Å². The van der Waals surface area contributed by atoms with E-state index in [1.54, 1.807) is 30.3 Å². The van der Waals surface area contributed by atoms with Gasteiger partial charge in [-0.3, -0.25) is 24.4 Å². The number of aromatic amines is 1. The topological polar surface area (TPSA) is 213 Å². The highest BCUT2D eigenvalue weighted by Gasteiger charge is 2.27. The summed E-state index contributed by atoms with van der Waals surface area (Å²) >= 11 is 0. The molecule has 1 aromatic carbocycles. The first-order valence-corrected chi connectivity index (χ1v) is 11.0. The highest BCUT2D eigenvalue weighted by molar-refractivity contribution is 7.94. The highest BCUT2D eigenvalue weighted by Crippen LogP contribution is 2.18. The van der Waals surface area contributed by atoms with Gasteiger partial charge >= 0.3 is 10.2 Å². The van der Waals surface area contributed by atoms with Crippen LogP contribution in [0.15, 0.2) is 47.4 Å². The van der Waals surface area contributed by atoms with Crippen LogP contribution in [-0.4, -0.2) is 44.0 Å². The number of aromatic nitrogens is 1. The molecule has 2 rings (SSSR count). The lowest BCUT2D eigenvalue weighted by atomic mass is 9.89. The number of nitrogens with one attached hydrogen (secondary N) is 5. The van der Waals surface area contributed by atoms with Crippen LogP contribution in [-0.2, 0) is 26.2 Å². The van der Waals surface area contributed by atoms with Gasteiger partial charge in [0.2, 0.25) is 0 Å². The zero-order valence-corrected chi connectivity index (χ0v) is 17.8. The van der Waals surface area contributed by atoms with Crippen molar-refractivity contribution in [2.75, 3.05) is 16.0 Å². The predicted octanol–water partition coefficient (Wildman–Crippen LogP) is -0.729. The van der Waals surface area contributed by atoms with Gasteiger partial charge in [-0.15, -0.1) is 0 Å². The molecule has 1 aromatic heterocycles. The third-order valence-electron chi connectivity index (χ3n) is 4.49. The lowest BCUT2D eigenvalue weighted by Gasteiger charge is -2.20. The summed E-state index contributed by atoms with van der Waals surface area (Å²) in [6.45, 7) is 0.110. The Bertz CT molecular complexity index is 1120. The quantitative estimate of drug-likeness (QED) is 0.121. The summed E-state index contributed by atoms with van der Waals surface area (Å²) in [7, 11) is -4.12. The Morgan fingerprint density at radius 2 is 1.88 bits per heavy atom. The van der Waals surface area contributed by atoms with E-state index in [0.29, 0.717) is 12.0 Å². The standard InChI is InChI=1S/C19H25N7O5S/c20-15(11-27)13(6-8-24-19(21)22)17(28)10-14-16(7-9-23-18(14)29)26-32(30,31)25-12-4-2-1-3-5-12/h1-5,7,9,11,13,15,25H,6,8,10,20H2,(H4,21,22,24)(H2,23,26,29)/t13?,15-/m1/s1. The minimum absolute atomic E-state index is 0.0830. The number of Topliss-reactive ketones (excluding diaryl/α,β-unsaturated/α-hetero) is 1. The van der Waals surface area contributed by atoms with Crippen LogP contribution in [0.2, 0.25) is 0 Å². The average molecular weight is 464 g/mol. The average Bonchev–Trinajstić information content (AvgIpc) is 2.73. The van der Waals surface area contributed by atoms with Crippen LogP contribution in [0.3, 0.4) is 0 Å². The maximum Gasteiger partial charge on any atom is 0.321 e. The first kappa shape index (κ1) is 24.6. The Morgan fingerprint density at radius 3 is 2.50 bits per heavy atom. The van der Waals surface area contributed by atoms with Crippen molar-refractivity contribution in [1.82, 2.24) is 10.3 Å². The van der Waals surface area contributed by atoms with Crippen molar-refractivity contribution < 1.29 is 18.0 Å². The molecule has 0 bridgehead atoms. The van der Waals surface area contributed by atoms with Crippen molar-refractivity contribution >= 4 is 39.6 Å². The van der Waals surface area contributed by atoms with Crippen molar-refractivity contribution in [3.63, 3.8) is 0 Å². The minimum atomic E-state index is -4.12. The normalized spacial score (nSPS) is 12.9. The number of hydrogen-bond donors (Lipinski definition) is 7. The van der Waals surface area contributed by atoms with Gasteiger partial charge in [0.1, 0.15) is 12.1 Å². The zero-order valence-electron chi connectivity index (χ0n) is 17.0. The van der Waals surface area contributed by atoms with Crippen LogP contribution in [0.4, 0.5) is 11.4 Å². The molecule has 0 aliphatic rings. The number of ketones is 1. The number of nitrogens with two attached hydrogens (primary N) is 2. The van der Waals surface area contributed by atoms with Crippen LogP contribution in [0.25, 0.3) is 0 Å². The van der Waals surface area contributed by atoms with E-state index < -0.39 is 39.9 Å². The van der Waals surface area contributed by atoms with Crippen LogP contribution in [0.5, 0.6) is 0 Å². The van der Waals surface area contributed by atoms with Crippen molar-refractivity contribution in [3.8, 4) is 0 Å². The molecule has 13 heteroatoms. The maximum absolute atomic E-state index is 12.9. The number of para-hydroxylation sites is 1. The van der Waals surface area contributed by atoms with E-state index in [1.165, 1.54) is 12.3 Å². The predicted molar refractivity (Wildman–Crippen MR) is 120 cm³/mol. The Kier molecular flexibility index (Phi) is 8.49. The number of H-pyrrole nitrogens is 1. The second-order valence-corrected chi connectivity index (χ2v) is 8.28. The molecule has 0 fully saturated rings. The molecule has 0 aliphatic carbocycles. The SMILES string of the molecule is N=C(N)NCCC(C(=O)Cc1c(NS(=O)(=O)Nc2ccccc2)cc[nH]c1=O)[C@H](N)C=O. The zero-order chi connectivity index (χ0) is 23.7. The molecule has 1 unspecified atom stereocenters. The number of guanidine groups is 1. The molecule has 172 valence electrons. The molecule has 0 saturated carbocycles. The fourth-order valence-electron chi connectivity index (χ4n) is 2.94. The van der Waals surface area contributed by atoms with E-state index in [9.17, 15) is 22.8 Å². The Morgan fingerprint density at radius 1 is 1.19 bits per heavy atom. The van der Waals surface area contributed by atoms with Gasteiger partial charge in [-0.25, -0.2) is 0 Å². The lowest BCUT2D eigenvalue weighted by molar-refractivity contribution is -0.125. The molecule has 0 saturated heterocycles. The smallest absolute Gasteiger partial charge is 0.321 e. The van der Waals surface area contributed by atoms with E-state index in [2.05, 4.69) is 19.7 Å². The van der Waals surface area contributed by atoms with E-state index in [0.717, 1.165) is 0 Å². The van der Waals surface area contributed by atoms with Crippen molar-refractivity contribution in [2.24, 2.45) is 17.4 Å². The molecule has 12 nitrogen and oxygen atoms in total. The summed E-state index contributed by atoms with van der Waals surface area (Å²) in [5.74, 6) is -1.81. The number of aldehydes is 1. The molecule has 0 radical (unpaired) electrons. The van der Waals surface area contributed by atoms with Crippen LogP contribution in [0.1, 0.15) is 12.0 Å². The molecule has 9 N–H and O–H groups in total. The summed E-state index contributed by atoms with van der Waals surface area (Å²) in [5, 5.41) is 9.68. The number of hydrogen-bond acceptors (Lipinski definition) is 7. The Balaban J connectivity index is 2.23. The Labute approximate surface area is 184 Å². The first-order valence-electron chi connectivity index (χ1n) is 9.50. The summed E-state index contributed by atoms with van der Waals surface area (Å²) in [5.41, 5.74) is 10.4. The van der Waals surface area contributed by atoms with Gasteiger partial charge in [-0.05, 0) is 24.6 Å². The summed E-state index contributed by atoms with van der Waals surface area (Å²) in [6.07, 6.45) is 1.27. The van der Waals surface area contributed by atoms with E-state index >= 15 is 0 Å². The number of pyridine rings is 1. The molecular weight excluding hydrogens is 438 g/mol. The molecule has 32 heavy (non-hydrogen) atoms.